The summed E-state index contributed by atoms with van der Waals surface area (Å²) in [6.45, 7) is 9.88. The van der Waals surface area contributed by atoms with Gasteiger partial charge in [-0.1, -0.05) is 27.4 Å². The summed E-state index contributed by atoms with van der Waals surface area (Å²) in [5, 5.41) is 33.0. The molecule has 0 aliphatic heterocycles. The van der Waals surface area contributed by atoms with E-state index in [0.717, 1.165) is 6.42 Å². The lowest BCUT2D eigenvalue weighted by molar-refractivity contribution is -0.242. The molecule has 4 aliphatic rings. The van der Waals surface area contributed by atoms with Crippen LogP contribution in [-0.4, -0.2) is 45.2 Å². The summed E-state index contributed by atoms with van der Waals surface area (Å²) in [7, 11) is 0. The summed E-state index contributed by atoms with van der Waals surface area (Å²) in [6, 6.07) is 0. The average molecular weight is 348 g/mol. The Morgan fingerprint density at radius 2 is 1.72 bits per heavy atom. The van der Waals surface area contributed by atoms with Crippen LogP contribution in [0.25, 0.3) is 0 Å². The molecule has 4 fully saturated rings. The maximum absolute atomic E-state index is 13.2. The predicted molar refractivity (Wildman–Crippen MR) is 90.4 cm³/mol. The van der Waals surface area contributed by atoms with Gasteiger partial charge in [0.25, 0.3) is 0 Å². The van der Waals surface area contributed by atoms with Crippen LogP contribution in [0.4, 0.5) is 0 Å². The molecule has 0 amide bonds. The Balaban J connectivity index is 1.97. The molecule has 8 atom stereocenters. The number of aliphatic hydroxyl groups is 3. The molecule has 0 aromatic rings. The van der Waals surface area contributed by atoms with Crippen LogP contribution in [0.3, 0.4) is 0 Å². The molecule has 5 heteroatoms. The SMILES string of the molecule is C=C1C(=O)[C@]23[C@H](O)[C@H]1C[C@H](O)[C@H]2[C@]1(C)C(=O)CCC(C)(C)[C@H]1C[C@@H]3O. The van der Waals surface area contributed by atoms with Crippen LogP contribution in [-0.2, 0) is 9.59 Å². The van der Waals surface area contributed by atoms with Gasteiger partial charge in [0.2, 0.25) is 0 Å². The van der Waals surface area contributed by atoms with E-state index in [-0.39, 0.29) is 34.9 Å². The van der Waals surface area contributed by atoms with Gasteiger partial charge >= 0.3 is 0 Å². The molecular weight excluding hydrogens is 320 g/mol. The van der Waals surface area contributed by atoms with Gasteiger partial charge in [-0.25, -0.2) is 0 Å². The lowest BCUT2D eigenvalue weighted by Gasteiger charge is -2.64. The normalized spacial score (nSPS) is 54.2. The lowest BCUT2D eigenvalue weighted by Crippen LogP contribution is -2.72. The van der Waals surface area contributed by atoms with E-state index in [2.05, 4.69) is 20.4 Å². The van der Waals surface area contributed by atoms with Crippen LogP contribution in [0.5, 0.6) is 0 Å². The van der Waals surface area contributed by atoms with Crippen LogP contribution in [0.2, 0.25) is 0 Å². The van der Waals surface area contributed by atoms with Crippen LogP contribution < -0.4 is 0 Å². The maximum atomic E-state index is 13.2. The lowest BCUT2D eigenvalue weighted by atomic mass is 9.39. The molecular formula is C20H28O5. The Bertz CT molecular complexity index is 682. The van der Waals surface area contributed by atoms with E-state index in [0.29, 0.717) is 12.8 Å². The smallest absolute Gasteiger partial charge is 0.170 e. The second-order valence-electron chi connectivity index (χ2n) is 9.62. The van der Waals surface area contributed by atoms with Crippen molar-refractivity contribution in [3.05, 3.63) is 12.2 Å². The molecule has 0 radical (unpaired) electrons. The molecule has 3 N–H and O–H groups in total. The Labute approximate surface area is 148 Å². The number of fused-ring (bicyclic) bond motifs is 3. The zero-order chi connectivity index (χ0) is 18.5. The quantitative estimate of drug-likeness (QED) is 0.573. The van der Waals surface area contributed by atoms with Crippen LogP contribution >= 0.6 is 0 Å². The van der Waals surface area contributed by atoms with Crippen LogP contribution in [0.1, 0.15) is 46.5 Å². The van der Waals surface area contributed by atoms with Gasteiger partial charge in [-0.2, -0.15) is 0 Å². The van der Waals surface area contributed by atoms with Gasteiger partial charge in [0.15, 0.2) is 5.78 Å². The largest absolute Gasteiger partial charge is 0.393 e. The molecule has 4 aliphatic carbocycles. The molecule has 1 spiro atoms. The number of carbonyl (C=O) groups is 2. The number of ketones is 2. The van der Waals surface area contributed by atoms with Crippen molar-refractivity contribution in [2.24, 2.45) is 34.0 Å². The highest BCUT2D eigenvalue weighted by atomic mass is 16.3. The molecule has 4 rings (SSSR count). The minimum absolute atomic E-state index is 0.0445. The molecule has 0 aromatic carbocycles. The first-order valence-corrected chi connectivity index (χ1v) is 9.31. The van der Waals surface area contributed by atoms with Crippen LogP contribution in [0, 0.1) is 34.0 Å². The van der Waals surface area contributed by atoms with Gasteiger partial charge < -0.3 is 15.3 Å². The first-order valence-electron chi connectivity index (χ1n) is 9.31. The van der Waals surface area contributed by atoms with Crippen molar-refractivity contribution in [3.8, 4) is 0 Å². The molecule has 0 heterocycles. The summed E-state index contributed by atoms with van der Waals surface area (Å²) >= 11 is 0. The van der Waals surface area contributed by atoms with E-state index in [1.165, 1.54) is 0 Å². The molecule has 138 valence electrons. The van der Waals surface area contributed by atoms with Gasteiger partial charge in [-0.3, -0.25) is 9.59 Å². The van der Waals surface area contributed by atoms with Crippen molar-refractivity contribution in [2.45, 2.75) is 64.8 Å². The second kappa shape index (κ2) is 4.81. The first kappa shape index (κ1) is 17.4. The molecule has 2 bridgehead atoms. The summed E-state index contributed by atoms with van der Waals surface area (Å²) in [6.07, 6.45) is -1.39. The Morgan fingerprint density at radius 3 is 2.36 bits per heavy atom. The molecule has 0 saturated heterocycles. The third-order valence-corrected chi connectivity index (χ3v) is 8.32. The molecule has 5 nitrogen and oxygen atoms in total. The second-order valence-corrected chi connectivity index (χ2v) is 9.62. The van der Waals surface area contributed by atoms with E-state index in [9.17, 15) is 24.9 Å². The summed E-state index contributed by atoms with van der Waals surface area (Å²) in [5.41, 5.74) is -2.30. The molecule has 0 unspecified atom stereocenters. The minimum Gasteiger partial charge on any atom is -0.393 e. The van der Waals surface area contributed by atoms with E-state index in [4.69, 9.17) is 0 Å². The highest BCUT2D eigenvalue weighted by Gasteiger charge is 2.77. The van der Waals surface area contributed by atoms with Gasteiger partial charge in [-0.15, -0.1) is 0 Å². The topological polar surface area (TPSA) is 94.8 Å². The standard InChI is InChI=1S/C20H28O5/c1-9-10-7-11(21)15-19(4)12(18(2,3)6-5-13(19)22)8-14(23)20(15,16(9)24)17(10)25/h10-12,14-15,17,21,23,25H,1,5-8H2,2-4H3/t10-,11-,12+,14-,15-,17+,19-,20+/m0/s1. The van der Waals surface area contributed by atoms with E-state index < -0.39 is 41.0 Å². The molecule has 0 aromatic heterocycles. The third-order valence-electron chi connectivity index (χ3n) is 8.32. The average Bonchev–Trinajstić information content (AvgIpc) is 2.65. The predicted octanol–water partition coefficient (Wildman–Crippen LogP) is 1.25. The van der Waals surface area contributed by atoms with E-state index >= 15 is 0 Å². The summed E-state index contributed by atoms with van der Waals surface area (Å²) in [5.74, 6) is -1.73. The van der Waals surface area contributed by atoms with Crippen molar-refractivity contribution >= 4 is 11.6 Å². The zero-order valence-corrected chi connectivity index (χ0v) is 15.2. The van der Waals surface area contributed by atoms with Crippen molar-refractivity contribution in [2.75, 3.05) is 0 Å². The third kappa shape index (κ3) is 1.70. The van der Waals surface area contributed by atoms with Gasteiger partial charge in [-0.05, 0) is 36.2 Å². The zero-order valence-electron chi connectivity index (χ0n) is 15.2. The fraction of sp³-hybridized carbons (Fsp3) is 0.800. The maximum Gasteiger partial charge on any atom is 0.170 e. The molecule has 4 saturated carbocycles. The van der Waals surface area contributed by atoms with E-state index in [1.54, 1.807) is 0 Å². The fourth-order valence-corrected chi connectivity index (χ4v) is 7.12. The van der Waals surface area contributed by atoms with Crippen molar-refractivity contribution < 1.29 is 24.9 Å². The fourth-order valence-electron chi connectivity index (χ4n) is 7.12. The van der Waals surface area contributed by atoms with Gasteiger partial charge in [0, 0.05) is 23.7 Å². The Hall–Kier alpha value is -1.04. The highest BCUT2D eigenvalue weighted by molar-refractivity contribution is 6.05. The summed E-state index contributed by atoms with van der Waals surface area (Å²) < 4.78 is 0. The number of hydrogen-bond acceptors (Lipinski definition) is 5. The number of aliphatic hydroxyl groups excluding tert-OH is 3. The number of hydrogen-bond donors (Lipinski definition) is 3. The Morgan fingerprint density at radius 1 is 1.08 bits per heavy atom. The number of carbonyl (C=O) groups excluding carboxylic acids is 2. The van der Waals surface area contributed by atoms with E-state index in [1.807, 2.05) is 6.92 Å². The van der Waals surface area contributed by atoms with Crippen molar-refractivity contribution in [3.63, 3.8) is 0 Å². The number of Topliss-reactive ketones (excluding diaryl/α,β-unsaturated/α-hetero) is 2. The summed E-state index contributed by atoms with van der Waals surface area (Å²) in [4.78, 5) is 26.3. The first-order chi connectivity index (χ1) is 11.5. The van der Waals surface area contributed by atoms with Gasteiger partial charge in [0.1, 0.15) is 5.78 Å². The molecule has 25 heavy (non-hydrogen) atoms. The monoisotopic (exact) mass is 348 g/mol. The van der Waals surface area contributed by atoms with Gasteiger partial charge in [0.05, 0.1) is 23.7 Å². The van der Waals surface area contributed by atoms with Crippen molar-refractivity contribution in [1.82, 2.24) is 0 Å². The van der Waals surface area contributed by atoms with Crippen molar-refractivity contribution in [1.29, 1.82) is 0 Å². The van der Waals surface area contributed by atoms with Crippen LogP contribution in [0.15, 0.2) is 12.2 Å². The highest BCUT2D eigenvalue weighted by Crippen LogP contribution is 2.70. The Kier molecular flexibility index (Phi) is 3.35. The number of rotatable bonds is 0. The minimum atomic E-state index is -1.49.